The number of benzene rings is 1. The van der Waals surface area contributed by atoms with Crippen molar-refractivity contribution >= 4 is 9.93 Å². The van der Waals surface area contributed by atoms with Gasteiger partial charge in [0.1, 0.15) is 24.0 Å². The summed E-state index contributed by atoms with van der Waals surface area (Å²) in [4.78, 5) is 0. The van der Waals surface area contributed by atoms with E-state index in [4.69, 9.17) is 4.74 Å². The summed E-state index contributed by atoms with van der Waals surface area (Å²) in [5.74, 6) is 1.51. The van der Waals surface area contributed by atoms with Gasteiger partial charge in [-0.2, -0.15) is 0 Å². The van der Waals surface area contributed by atoms with Crippen LogP contribution in [0.4, 0.5) is 0 Å². The molecule has 0 aliphatic rings. The van der Waals surface area contributed by atoms with Gasteiger partial charge in [0.05, 0.1) is 16.5 Å². The van der Waals surface area contributed by atoms with Crippen LogP contribution >= 0.6 is 0 Å². The zero-order valence-electron chi connectivity index (χ0n) is 8.95. The molecule has 0 saturated carbocycles. The third kappa shape index (κ3) is 3.92. The standard InChI is InChI=1S/C11H17O2S/c1-4-13-11-7-5-10(6-8-11)9-14(2,3)12/h5-8H,4,9H2,1-3H3/q+1. The van der Waals surface area contributed by atoms with Gasteiger partial charge in [-0.3, -0.25) is 0 Å². The van der Waals surface area contributed by atoms with Gasteiger partial charge in [0, 0.05) is 5.56 Å². The second-order valence-corrected chi connectivity index (χ2v) is 6.82. The summed E-state index contributed by atoms with van der Waals surface area (Å²) in [5.41, 5.74) is 1.10. The minimum absolute atomic E-state index is 0.638. The van der Waals surface area contributed by atoms with Gasteiger partial charge in [-0.1, -0.05) is 12.1 Å². The van der Waals surface area contributed by atoms with E-state index < -0.39 is 9.93 Å². The topological polar surface area (TPSA) is 26.3 Å². The van der Waals surface area contributed by atoms with E-state index in [1.54, 1.807) is 12.5 Å². The zero-order valence-corrected chi connectivity index (χ0v) is 9.76. The minimum atomic E-state index is -1.69. The van der Waals surface area contributed by atoms with E-state index in [1.807, 2.05) is 31.2 Å². The quantitative estimate of drug-likeness (QED) is 0.718. The van der Waals surface area contributed by atoms with Crippen LogP contribution in [0.3, 0.4) is 0 Å². The highest BCUT2D eigenvalue weighted by atomic mass is 32.2. The molecule has 0 bridgehead atoms. The number of rotatable bonds is 4. The van der Waals surface area contributed by atoms with Gasteiger partial charge < -0.3 is 4.74 Å². The van der Waals surface area contributed by atoms with Crippen molar-refractivity contribution in [3.8, 4) is 5.75 Å². The zero-order chi connectivity index (χ0) is 10.6. The lowest BCUT2D eigenvalue weighted by Crippen LogP contribution is -2.07. The van der Waals surface area contributed by atoms with E-state index in [1.165, 1.54) is 0 Å². The first-order valence-electron chi connectivity index (χ1n) is 4.65. The molecule has 0 fully saturated rings. The SMILES string of the molecule is CCOc1ccc(C[S+](C)(C)=O)cc1. The molecule has 0 N–H and O–H groups in total. The van der Waals surface area contributed by atoms with Crippen LogP contribution in [-0.2, 0) is 19.9 Å². The molecule has 0 aliphatic heterocycles. The molecule has 0 amide bonds. The predicted octanol–water partition coefficient (Wildman–Crippen LogP) is 2.34. The molecule has 1 rings (SSSR count). The molecule has 0 spiro atoms. The maximum absolute atomic E-state index is 11.5. The fraction of sp³-hybridized carbons (Fsp3) is 0.455. The third-order valence-corrected chi connectivity index (χ3v) is 2.78. The summed E-state index contributed by atoms with van der Waals surface area (Å²) < 4.78 is 16.9. The number of hydrogen-bond acceptors (Lipinski definition) is 2. The molecule has 0 aromatic heterocycles. The van der Waals surface area contributed by atoms with Crippen LogP contribution < -0.4 is 4.74 Å². The molecule has 0 heterocycles. The van der Waals surface area contributed by atoms with Crippen LogP contribution in [0.15, 0.2) is 24.3 Å². The predicted molar refractivity (Wildman–Crippen MR) is 61.2 cm³/mol. The number of ether oxygens (including phenoxy) is 1. The molecular weight excluding hydrogens is 196 g/mol. The summed E-state index contributed by atoms with van der Waals surface area (Å²) in [7, 11) is -1.69. The van der Waals surface area contributed by atoms with Crippen molar-refractivity contribution < 1.29 is 8.95 Å². The van der Waals surface area contributed by atoms with E-state index in [0.717, 1.165) is 11.3 Å². The molecule has 0 saturated heterocycles. The van der Waals surface area contributed by atoms with Crippen molar-refractivity contribution in [1.29, 1.82) is 0 Å². The lowest BCUT2D eigenvalue weighted by atomic mass is 10.2. The van der Waals surface area contributed by atoms with Gasteiger partial charge >= 0.3 is 0 Å². The van der Waals surface area contributed by atoms with Crippen molar-refractivity contribution in [3.05, 3.63) is 29.8 Å². The molecule has 0 aliphatic carbocycles. The molecule has 2 nitrogen and oxygen atoms in total. The van der Waals surface area contributed by atoms with Gasteiger partial charge in [-0.15, -0.1) is 4.21 Å². The van der Waals surface area contributed by atoms with Crippen LogP contribution in [-0.4, -0.2) is 19.1 Å². The summed E-state index contributed by atoms with van der Waals surface area (Å²) in [6, 6.07) is 7.78. The molecule has 0 atom stereocenters. The van der Waals surface area contributed by atoms with Crippen molar-refractivity contribution in [2.24, 2.45) is 0 Å². The van der Waals surface area contributed by atoms with E-state index in [-0.39, 0.29) is 0 Å². The Morgan fingerprint density at radius 3 is 2.21 bits per heavy atom. The Balaban J connectivity index is 2.69. The lowest BCUT2D eigenvalue weighted by molar-refractivity contribution is 0.340. The maximum Gasteiger partial charge on any atom is 0.136 e. The molecule has 1 aromatic carbocycles. The summed E-state index contributed by atoms with van der Waals surface area (Å²) in [6.45, 7) is 2.64. The first kappa shape index (κ1) is 11.2. The smallest absolute Gasteiger partial charge is 0.136 e. The highest BCUT2D eigenvalue weighted by Crippen LogP contribution is 2.15. The van der Waals surface area contributed by atoms with Crippen molar-refractivity contribution in [3.63, 3.8) is 0 Å². The van der Waals surface area contributed by atoms with E-state index in [9.17, 15) is 4.21 Å². The molecular formula is C11H17O2S+. The highest BCUT2D eigenvalue weighted by Gasteiger charge is 2.13. The van der Waals surface area contributed by atoms with Gasteiger partial charge in [0.25, 0.3) is 0 Å². The average Bonchev–Trinajstić information content (AvgIpc) is 2.06. The average molecular weight is 213 g/mol. The van der Waals surface area contributed by atoms with E-state index in [0.29, 0.717) is 12.4 Å². The lowest BCUT2D eigenvalue weighted by Gasteiger charge is -2.04. The fourth-order valence-corrected chi connectivity index (χ4v) is 2.25. The van der Waals surface area contributed by atoms with Gasteiger partial charge in [-0.05, 0) is 19.1 Å². The fourth-order valence-electron chi connectivity index (χ4n) is 1.25. The van der Waals surface area contributed by atoms with Gasteiger partial charge in [0.2, 0.25) is 0 Å². The van der Waals surface area contributed by atoms with Crippen molar-refractivity contribution in [2.45, 2.75) is 12.7 Å². The number of hydrogen-bond donors (Lipinski definition) is 0. The van der Waals surface area contributed by atoms with Crippen LogP contribution in [0.1, 0.15) is 12.5 Å². The van der Waals surface area contributed by atoms with Crippen LogP contribution in [0, 0.1) is 0 Å². The highest BCUT2D eigenvalue weighted by molar-refractivity contribution is 8.00. The Morgan fingerprint density at radius 1 is 1.21 bits per heavy atom. The Bertz CT molecular complexity index is 324. The molecule has 14 heavy (non-hydrogen) atoms. The first-order chi connectivity index (χ1) is 6.51. The normalized spacial score (nSPS) is 11.4. The molecule has 3 heteroatoms. The third-order valence-electron chi connectivity index (χ3n) is 1.75. The van der Waals surface area contributed by atoms with E-state index >= 15 is 0 Å². The maximum atomic E-state index is 11.5. The van der Waals surface area contributed by atoms with E-state index in [2.05, 4.69) is 0 Å². The molecule has 0 unspecified atom stereocenters. The van der Waals surface area contributed by atoms with Gasteiger partial charge in [0.15, 0.2) is 0 Å². The second kappa shape index (κ2) is 4.60. The second-order valence-electron chi connectivity index (χ2n) is 3.66. The molecule has 1 aromatic rings. The van der Waals surface area contributed by atoms with Crippen molar-refractivity contribution in [1.82, 2.24) is 0 Å². The first-order valence-corrected chi connectivity index (χ1v) is 7.19. The summed E-state index contributed by atoms with van der Waals surface area (Å²) >= 11 is 0. The van der Waals surface area contributed by atoms with Crippen LogP contribution in [0.2, 0.25) is 0 Å². The van der Waals surface area contributed by atoms with Crippen LogP contribution in [0.5, 0.6) is 5.75 Å². The molecule has 0 radical (unpaired) electrons. The largest absolute Gasteiger partial charge is 0.494 e. The van der Waals surface area contributed by atoms with Crippen molar-refractivity contribution in [2.75, 3.05) is 19.1 Å². The Morgan fingerprint density at radius 2 is 1.79 bits per heavy atom. The molecule has 78 valence electrons. The van der Waals surface area contributed by atoms with Crippen LogP contribution in [0.25, 0.3) is 0 Å². The summed E-state index contributed by atoms with van der Waals surface area (Å²) in [5, 5.41) is 0. The minimum Gasteiger partial charge on any atom is -0.494 e. The monoisotopic (exact) mass is 213 g/mol. The van der Waals surface area contributed by atoms with Gasteiger partial charge in [-0.25, -0.2) is 0 Å². The Hall–Kier alpha value is -0.830. The Labute approximate surface area is 86.7 Å². The Kier molecular flexibility index (Phi) is 3.69. The summed E-state index contributed by atoms with van der Waals surface area (Å²) in [6.07, 6.45) is 3.56.